The van der Waals surface area contributed by atoms with Gasteiger partial charge in [0.25, 0.3) is 5.70 Å². The first-order chi connectivity index (χ1) is 7.78. The van der Waals surface area contributed by atoms with Crippen LogP contribution in [0.3, 0.4) is 0 Å². The highest BCUT2D eigenvalue weighted by molar-refractivity contribution is 5.35. The second-order valence-corrected chi connectivity index (χ2v) is 3.27. The highest BCUT2D eigenvalue weighted by Gasteiger charge is 2.61. The first-order valence-electron chi connectivity index (χ1n) is 4.21. The zero-order valence-electron chi connectivity index (χ0n) is 8.10. The fourth-order valence-corrected chi connectivity index (χ4v) is 1.40. The normalized spacial score (nSPS) is 27.8. The molecule has 0 aromatic rings. The molecular weight excluding hydrogens is 239 g/mol. The molecule has 0 aliphatic heterocycles. The molecule has 0 saturated heterocycles. The highest BCUT2D eigenvalue weighted by atomic mass is 19.4. The van der Waals surface area contributed by atoms with Gasteiger partial charge in [-0.1, -0.05) is 6.08 Å². The maximum absolute atomic E-state index is 12.8. The quantitative estimate of drug-likeness (QED) is 0.519. The van der Waals surface area contributed by atoms with Crippen molar-refractivity contribution >= 4 is 0 Å². The summed E-state index contributed by atoms with van der Waals surface area (Å²) in [6.45, 7) is 0. The zero-order valence-corrected chi connectivity index (χ0v) is 8.10. The molecule has 8 heteroatoms. The standard InChI is InChI=1S/C9H4F3N3O2/c10-9(11,12)8(5-14)3-7(15(16)17)2-1-6(8)4-13/h1-3,6H. The van der Waals surface area contributed by atoms with Crippen molar-refractivity contribution < 1.29 is 18.1 Å². The van der Waals surface area contributed by atoms with Crippen LogP contribution < -0.4 is 0 Å². The van der Waals surface area contributed by atoms with E-state index in [9.17, 15) is 23.3 Å². The fraction of sp³-hybridized carbons (Fsp3) is 0.333. The van der Waals surface area contributed by atoms with Crippen LogP contribution in [0, 0.1) is 44.1 Å². The van der Waals surface area contributed by atoms with E-state index < -0.39 is 28.1 Å². The molecule has 2 unspecified atom stereocenters. The Morgan fingerprint density at radius 3 is 2.41 bits per heavy atom. The zero-order chi connectivity index (χ0) is 13.3. The summed E-state index contributed by atoms with van der Waals surface area (Å²) in [5, 5.41) is 27.7. The van der Waals surface area contributed by atoms with Crippen LogP contribution in [0.15, 0.2) is 23.9 Å². The Bertz CT molecular complexity index is 495. The molecular formula is C9H4F3N3O2. The van der Waals surface area contributed by atoms with Gasteiger partial charge in [0.2, 0.25) is 0 Å². The predicted octanol–water partition coefficient (Wildman–Crippen LogP) is 1.93. The van der Waals surface area contributed by atoms with Crippen molar-refractivity contribution in [2.24, 2.45) is 11.3 Å². The van der Waals surface area contributed by atoms with Gasteiger partial charge < -0.3 is 0 Å². The van der Waals surface area contributed by atoms with E-state index in [4.69, 9.17) is 10.5 Å². The number of nitriles is 2. The van der Waals surface area contributed by atoms with Crippen molar-refractivity contribution in [1.29, 1.82) is 10.5 Å². The van der Waals surface area contributed by atoms with Gasteiger partial charge in [-0.15, -0.1) is 0 Å². The van der Waals surface area contributed by atoms with E-state index in [-0.39, 0.29) is 6.08 Å². The van der Waals surface area contributed by atoms with E-state index in [2.05, 4.69) is 0 Å². The molecule has 0 radical (unpaired) electrons. The van der Waals surface area contributed by atoms with Crippen LogP contribution >= 0.6 is 0 Å². The van der Waals surface area contributed by atoms with Crippen LogP contribution in [0.5, 0.6) is 0 Å². The minimum Gasteiger partial charge on any atom is -0.258 e. The SMILES string of the molecule is N#CC1C=CC([N+](=O)[O-])=CC1(C#N)C(F)(F)F. The summed E-state index contributed by atoms with van der Waals surface area (Å²) in [6, 6.07) is 2.28. The Morgan fingerprint density at radius 1 is 1.47 bits per heavy atom. The van der Waals surface area contributed by atoms with E-state index in [0.29, 0.717) is 0 Å². The minimum atomic E-state index is -5.06. The molecule has 17 heavy (non-hydrogen) atoms. The topological polar surface area (TPSA) is 90.7 Å². The number of nitrogens with zero attached hydrogens (tertiary/aromatic N) is 3. The Kier molecular flexibility index (Phi) is 2.92. The summed E-state index contributed by atoms with van der Waals surface area (Å²) in [7, 11) is 0. The largest absolute Gasteiger partial charge is 0.412 e. The maximum atomic E-state index is 12.8. The molecule has 0 aromatic heterocycles. The molecule has 88 valence electrons. The van der Waals surface area contributed by atoms with Crippen LogP contribution in [0.4, 0.5) is 13.2 Å². The molecule has 0 heterocycles. The number of allylic oxidation sites excluding steroid dienone is 3. The summed E-state index contributed by atoms with van der Waals surface area (Å²) >= 11 is 0. The number of rotatable bonds is 1. The molecule has 0 fully saturated rings. The highest BCUT2D eigenvalue weighted by Crippen LogP contribution is 2.48. The third kappa shape index (κ3) is 1.85. The molecule has 0 aromatic carbocycles. The Balaban J connectivity index is 3.45. The summed E-state index contributed by atoms with van der Waals surface area (Å²) in [6.07, 6.45) is -3.38. The van der Waals surface area contributed by atoms with Crippen LogP contribution in [0.1, 0.15) is 0 Å². The van der Waals surface area contributed by atoms with E-state index >= 15 is 0 Å². The van der Waals surface area contributed by atoms with Gasteiger partial charge in [0, 0.05) is 12.2 Å². The maximum Gasteiger partial charge on any atom is 0.412 e. The van der Waals surface area contributed by atoms with Crippen molar-refractivity contribution in [3.8, 4) is 12.1 Å². The van der Waals surface area contributed by atoms with E-state index in [0.717, 1.165) is 18.2 Å². The smallest absolute Gasteiger partial charge is 0.258 e. The number of hydrogen-bond acceptors (Lipinski definition) is 4. The molecule has 0 saturated carbocycles. The lowest BCUT2D eigenvalue weighted by Crippen LogP contribution is -2.42. The van der Waals surface area contributed by atoms with Crippen molar-refractivity contribution in [3.05, 3.63) is 34.0 Å². The van der Waals surface area contributed by atoms with Crippen LogP contribution in [0.25, 0.3) is 0 Å². The van der Waals surface area contributed by atoms with Gasteiger partial charge in [0.15, 0.2) is 5.41 Å². The molecule has 1 aliphatic carbocycles. The molecule has 0 spiro atoms. The van der Waals surface area contributed by atoms with Gasteiger partial charge in [-0.25, -0.2) is 0 Å². The van der Waals surface area contributed by atoms with Crippen molar-refractivity contribution in [2.45, 2.75) is 6.18 Å². The van der Waals surface area contributed by atoms with Gasteiger partial charge in [-0.3, -0.25) is 10.1 Å². The lowest BCUT2D eigenvalue weighted by molar-refractivity contribution is -0.420. The monoisotopic (exact) mass is 243 g/mol. The van der Waals surface area contributed by atoms with Gasteiger partial charge in [-0.05, 0) is 0 Å². The second-order valence-electron chi connectivity index (χ2n) is 3.27. The summed E-state index contributed by atoms with van der Waals surface area (Å²) in [5.41, 5.74) is -4.02. The van der Waals surface area contributed by atoms with E-state index in [1.54, 1.807) is 0 Å². The minimum absolute atomic E-state index is 0.181. The van der Waals surface area contributed by atoms with Crippen molar-refractivity contribution in [3.63, 3.8) is 0 Å². The average Bonchev–Trinajstić information content (AvgIpc) is 2.26. The lowest BCUT2D eigenvalue weighted by atomic mass is 9.73. The summed E-state index contributed by atoms with van der Waals surface area (Å²) < 4.78 is 38.4. The van der Waals surface area contributed by atoms with Gasteiger partial charge in [-0.2, -0.15) is 23.7 Å². The first kappa shape index (κ1) is 12.7. The molecule has 0 bridgehead atoms. The third-order valence-electron chi connectivity index (χ3n) is 2.33. The van der Waals surface area contributed by atoms with Crippen LogP contribution in [-0.2, 0) is 0 Å². The second kappa shape index (κ2) is 3.91. The van der Waals surface area contributed by atoms with E-state index in [1.165, 1.54) is 6.07 Å². The molecule has 2 atom stereocenters. The van der Waals surface area contributed by atoms with E-state index in [1.807, 2.05) is 0 Å². The first-order valence-corrected chi connectivity index (χ1v) is 4.21. The molecule has 0 N–H and O–H groups in total. The summed E-state index contributed by atoms with van der Waals surface area (Å²) in [5.74, 6) is -1.80. The van der Waals surface area contributed by atoms with Gasteiger partial charge in [0.1, 0.15) is 0 Å². The van der Waals surface area contributed by atoms with Crippen LogP contribution in [-0.4, -0.2) is 11.1 Å². The number of nitro groups is 1. The number of alkyl halides is 3. The van der Waals surface area contributed by atoms with Crippen LogP contribution in [0.2, 0.25) is 0 Å². The molecule has 1 rings (SSSR count). The van der Waals surface area contributed by atoms with Gasteiger partial charge >= 0.3 is 6.18 Å². The number of hydrogen-bond donors (Lipinski definition) is 0. The Morgan fingerprint density at radius 2 is 2.06 bits per heavy atom. The molecule has 1 aliphatic rings. The summed E-state index contributed by atoms with van der Waals surface area (Å²) in [4.78, 5) is 9.37. The molecule has 5 nitrogen and oxygen atoms in total. The molecule has 0 amide bonds. The fourth-order valence-electron chi connectivity index (χ4n) is 1.40. The third-order valence-corrected chi connectivity index (χ3v) is 2.33. The van der Waals surface area contributed by atoms with Gasteiger partial charge in [0.05, 0.1) is 23.0 Å². The van der Waals surface area contributed by atoms with Crippen molar-refractivity contribution in [1.82, 2.24) is 0 Å². The Hall–Kier alpha value is -2.35. The van der Waals surface area contributed by atoms with Crippen molar-refractivity contribution in [2.75, 3.05) is 0 Å². The predicted molar refractivity (Wildman–Crippen MR) is 47.4 cm³/mol. The number of halogens is 3. The average molecular weight is 243 g/mol. The lowest BCUT2D eigenvalue weighted by Gasteiger charge is -2.29. The Labute approximate surface area is 93.2 Å².